The van der Waals surface area contributed by atoms with Gasteiger partial charge in [-0.15, -0.1) is 6.58 Å². The van der Waals surface area contributed by atoms with E-state index in [-0.39, 0.29) is 12.2 Å². The van der Waals surface area contributed by atoms with Crippen LogP contribution in [0, 0.1) is 0 Å². The quantitative estimate of drug-likeness (QED) is 0.795. The lowest BCUT2D eigenvalue weighted by molar-refractivity contribution is -0.00148. The zero-order chi connectivity index (χ0) is 13.7. The van der Waals surface area contributed by atoms with Crippen LogP contribution in [-0.2, 0) is 9.47 Å². The van der Waals surface area contributed by atoms with Crippen molar-refractivity contribution in [3.8, 4) is 0 Å². The van der Waals surface area contributed by atoms with Crippen molar-refractivity contribution >= 4 is 11.8 Å². The predicted octanol–water partition coefficient (Wildman–Crippen LogP) is 0.855. The van der Waals surface area contributed by atoms with E-state index in [0.29, 0.717) is 18.4 Å². The number of nitrogens with zero attached hydrogens (tertiary/aromatic N) is 3. The molecule has 1 aliphatic rings. The van der Waals surface area contributed by atoms with Crippen LogP contribution in [0.25, 0.3) is 0 Å². The average molecular weight is 264 g/mol. The summed E-state index contributed by atoms with van der Waals surface area (Å²) in [5.41, 5.74) is 5.69. The number of nitrogens with two attached hydrogens (primary N) is 1. The smallest absolute Gasteiger partial charge is 0.227 e. The molecule has 0 bridgehead atoms. The highest BCUT2D eigenvalue weighted by molar-refractivity contribution is 5.38. The highest BCUT2D eigenvalue weighted by atomic mass is 16.5. The first-order valence-electron chi connectivity index (χ1n) is 6.31. The Morgan fingerprint density at radius 3 is 3.00 bits per heavy atom. The molecule has 6 heteroatoms. The van der Waals surface area contributed by atoms with Crippen LogP contribution in [0.3, 0.4) is 0 Å². The molecule has 1 aliphatic heterocycles. The monoisotopic (exact) mass is 264 g/mol. The number of ether oxygens (including phenoxy) is 2. The molecule has 1 saturated heterocycles. The van der Waals surface area contributed by atoms with Crippen LogP contribution in [0.15, 0.2) is 24.9 Å². The minimum atomic E-state index is 0.0849. The van der Waals surface area contributed by atoms with Crippen molar-refractivity contribution in [2.45, 2.75) is 18.6 Å². The zero-order valence-corrected chi connectivity index (χ0v) is 11.2. The van der Waals surface area contributed by atoms with Gasteiger partial charge in [0.2, 0.25) is 5.95 Å². The SMILES string of the molecule is C=CCO[C@H]1C[C@@H](OC)CN(c2nccc(N)n2)C1. The summed E-state index contributed by atoms with van der Waals surface area (Å²) < 4.78 is 11.2. The van der Waals surface area contributed by atoms with Crippen LogP contribution in [0.4, 0.5) is 11.8 Å². The Balaban J connectivity index is 2.08. The van der Waals surface area contributed by atoms with Crippen LogP contribution in [-0.4, -0.2) is 49.0 Å². The maximum absolute atomic E-state index is 5.72. The highest BCUT2D eigenvalue weighted by Crippen LogP contribution is 2.20. The van der Waals surface area contributed by atoms with Gasteiger partial charge in [0.25, 0.3) is 0 Å². The third-order valence-corrected chi connectivity index (χ3v) is 3.10. The minimum Gasteiger partial charge on any atom is -0.384 e. The summed E-state index contributed by atoms with van der Waals surface area (Å²) in [5, 5.41) is 0. The van der Waals surface area contributed by atoms with E-state index in [1.165, 1.54) is 0 Å². The number of methoxy groups -OCH3 is 1. The largest absolute Gasteiger partial charge is 0.384 e. The fraction of sp³-hybridized carbons (Fsp3) is 0.538. The second kappa shape index (κ2) is 6.49. The van der Waals surface area contributed by atoms with Crippen LogP contribution in [0.2, 0.25) is 0 Å². The summed E-state index contributed by atoms with van der Waals surface area (Å²) in [6, 6.07) is 1.67. The lowest BCUT2D eigenvalue weighted by Gasteiger charge is -2.36. The number of hydrogen-bond acceptors (Lipinski definition) is 6. The van der Waals surface area contributed by atoms with Crippen molar-refractivity contribution in [3.05, 3.63) is 24.9 Å². The Kier molecular flexibility index (Phi) is 4.70. The fourth-order valence-corrected chi connectivity index (χ4v) is 2.18. The third-order valence-electron chi connectivity index (χ3n) is 3.10. The topological polar surface area (TPSA) is 73.5 Å². The number of rotatable bonds is 5. The molecule has 6 nitrogen and oxygen atoms in total. The van der Waals surface area contributed by atoms with Crippen LogP contribution in [0.5, 0.6) is 0 Å². The number of anilines is 2. The van der Waals surface area contributed by atoms with Gasteiger partial charge in [-0.2, -0.15) is 4.98 Å². The van der Waals surface area contributed by atoms with E-state index in [4.69, 9.17) is 15.2 Å². The van der Waals surface area contributed by atoms with Crippen molar-refractivity contribution in [1.82, 2.24) is 9.97 Å². The number of hydrogen-bond donors (Lipinski definition) is 1. The molecule has 2 N–H and O–H groups in total. The second-order valence-corrected chi connectivity index (χ2v) is 4.52. The van der Waals surface area contributed by atoms with Crippen molar-refractivity contribution in [2.24, 2.45) is 0 Å². The maximum atomic E-state index is 5.72. The van der Waals surface area contributed by atoms with Gasteiger partial charge < -0.3 is 20.1 Å². The molecule has 0 saturated carbocycles. The van der Waals surface area contributed by atoms with Crippen molar-refractivity contribution in [2.75, 3.05) is 37.4 Å². The Hall–Kier alpha value is -1.66. The molecule has 0 unspecified atom stereocenters. The van der Waals surface area contributed by atoms with Gasteiger partial charge in [0, 0.05) is 32.8 Å². The van der Waals surface area contributed by atoms with Crippen molar-refractivity contribution in [1.29, 1.82) is 0 Å². The van der Waals surface area contributed by atoms with E-state index in [1.807, 2.05) is 4.90 Å². The van der Waals surface area contributed by atoms with Gasteiger partial charge in [-0.25, -0.2) is 4.98 Å². The fourth-order valence-electron chi connectivity index (χ4n) is 2.18. The lowest BCUT2D eigenvalue weighted by atomic mass is 10.1. The molecular formula is C13H20N4O2. The normalized spacial score (nSPS) is 23.3. The Morgan fingerprint density at radius 2 is 2.32 bits per heavy atom. The summed E-state index contributed by atoms with van der Waals surface area (Å²) in [4.78, 5) is 10.5. The summed E-state index contributed by atoms with van der Waals surface area (Å²) in [6.45, 7) is 5.67. The van der Waals surface area contributed by atoms with Crippen LogP contribution < -0.4 is 10.6 Å². The highest BCUT2D eigenvalue weighted by Gasteiger charge is 2.29. The molecule has 2 atom stereocenters. The van der Waals surface area contributed by atoms with E-state index in [9.17, 15) is 0 Å². The summed E-state index contributed by atoms with van der Waals surface area (Å²) in [5.74, 6) is 1.09. The molecule has 0 aromatic carbocycles. The zero-order valence-electron chi connectivity index (χ0n) is 11.2. The number of aromatic nitrogens is 2. The Labute approximate surface area is 113 Å². The van der Waals surface area contributed by atoms with E-state index in [1.54, 1.807) is 25.4 Å². The minimum absolute atomic E-state index is 0.0849. The lowest BCUT2D eigenvalue weighted by Crippen LogP contribution is -2.48. The van der Waals surface area contributed by atoms with Gasteiger partial charge in [0.05, 0.1) is 18.8 Å². The molecule has 104 valence electrons. The van der Waals surface area contributed by atoms with Crippen LogP contribution >= 0.6 is 0 Å². The van der Waals surface area contributed by atoms with E-state index >= 15 is 0 Å². The standard InChI is InChI=1S/C13H20N4O2/c1-3-6-19-11-7-10(18-2)8-17(9-11)13-15-5-4-12(14)16-13/h3-5,10-11H,1,6-9H2,2H3,(H2,14,15,16)/t10-,11+/m1/s1. The molecular weight excluding hydrogens is 244 g/mol. The number of piperidine rings is 1. The molecule has 2 rings (SSSR count). The van der Waals surface area contributed by atoms with E-state index in [0.717, 1.165) is 19.5 Å². The second-order valence-electron chi connectivity index (χ2n) is 4.52. The molecule has 19 heavy (non-hydrogen) atoms. The van der Waals surface area contributed by atoms with Gasteiger partial charge in [-0.3, -0.25) is 0 Å². The third kappa shape index (κ3) is 3.65. The summed E-state index contributed by atoms with van der Waals surface area (Å²) >= 11 is 0. The molecule has 0 amide bonds. The molecule has 1 fully saturated rings. The summed E-state index contributed by atoms with van der Waals surface area (Å²) in [6.07, 6.45) is 4.46. The predicted molar refractivity (Wildman–Crippen MR) is 74.0 cm³/mol. The molecule has 2 heterocycles. The first kappa shape index (κ1) is 13.8. The van der Waals surface area contributed by atoms with Gasteiger partial charge in [0.1, 0.15) is 5.82 Å². The first-order chi connectivity index (χ1) is 9.22. The van der Waals surface area contributed by atoms with Gasteiger partial charge in [-0.05, 0) is 6.07 Å². The van der Waals surface area contributed by atoms with Crippen LogP contribution in [0.1, 0.15) is 6.42 Å². The van der Waals surface area contributed by atoms with Crippen molar-refractivity contribution < 1.29 is 9.47 Å². The average Bonchev–Trinajstić information content (AvgIpc) is 2.44. The van der Waals surface area contributed by atoms with Gasteiger partial charge in [-0.1, -0.05) is 6.08 Å². The van der Waals surface area contributed by atoms with Crippen molar-refractivity contribution in [3.63, 3.8) is 0 Å². The van der Waals surface area contributed by atoms with Gasteiger partial charge >= 0.3 is 0 Å². The molecule has 0 aliphatic carbocycles. The Bertz CT molecular complexity index is 427. The molecule has 0 radical (unpaired) electrons. The van der Waals surface area contributed by atoms with E-state index < -0.39 is 0 Å². The molecule has 1 aromatic rings. The maximum Gasteiger partial charge on any atom is 0.227 e. The first-order valence-corrected chi connectivity index (χ1v) is 6.31. The summed E-state index contributed by atoms with van der Waals surface area (Å²) in [7, 11) is 1.71. The molecule has 1 aromatic heterocycles. The van der Waals surface area contributed by atoms with Gasteiger partial charge in [0.15, 0.2) is 0 Å². The van der Waals surface area contributed by atoms with E-state index in [2.05, 4.69) is 16.5 Å². The molecule has 0 spiro atoms. The number of nitrogen functional groups attached to an aromatic ring is 1. The Morgan fingerprint density at radius 1 is 1.53 bits per heavy atom.